The zero-order valence-corrected chi connectivity index (χ0v) is 21.6. The van der Waals surface area contributed by atoms with Gasteiger partial charge in [-0.2, -0.15) is 13.2 Å². The van der Waals surface area contributed by atoms with Gasteiger partial charge in [0.2, 0.25) is 5.91 Å². The second kappa shape index (κ2) is 12.4. The van der Waals surface area contributed by atoms with Crippen molar-refractivity contribution in [3.63, 3.8) is 0 Å². The highest BCUT2D eigenvalue weighted by molar-refractivity contribution is 5.93. The zero-order valence-electron chi connectivity index (χ0n) is 21.6. The van der Waals surface area contributed by atoms with Crippen LogP contribution in [0.3, 0.4) is 0 Å². The first-order valence-corrected chi connectivity index (χ1v) is 12.7. The summed E-state index contributed by atoms with van der Waals surface area (Å²) >= 11 is 0. The quantitative estimate of drug-likeness (QED) is 0.316. The van der Waals surface area contributed by atoms with Crippen molar-refractivity contribution in [2.45, 2.75) is 90.0 Å². The van der Waals surface area contributed by atoms with Crippen LogP contribution >= 0.6 is 0 Å². The number of halogens is 3. The summed E-state index contributed by atoms with van der Waals surface area (Å²) < 4.78 is 45.1. The molecule has 206 valence electrons. The summed E-state index contributed by atoms with van der Waals surface area (Å²) in [5, 5.41) is 2.29. The fourth-order valence-electron chi connectivity index (χ4n) is 4.74. The van der Waals surface area contributed by atoms with Gasteiger partial charge in [0, 0.05) is 6.04 Å². The molecule has 1 saturated carbocycles. The van der Waals surface area contributed by atoms with Crippen molar-refractivity contribution in [1.29, 1.82) is 0 Å². The number of hydrogen-bond acceptors (Lipinski definition) is 7. The van der Waals surface area contributed by atoms with Crippen LogP contribution in [0.25, 0.3) is 0 Å². The van der Waals surface area contributed by atoms with Gasteiger partial charge < -0.3 is 14.9 Å². The van der Waals surface area contributed by atoms with Gasteiger partial charge in [-0.15, -0.1) is 5.48 Å². The van der Waals surface area contributed by atoms with Crippen molar-refractivity contribution in [3.05, 3.63) is 35.9 Å². The number of amides is 1. The van der Waals surface area contributed by atoms with Crippen LogP contribution in [-0.4, -0.2) is 65.7 Å². The lowest BCUT2D eigenvalue weighted by atomic mass is 9.99. The molecule has 1 aliphatic carbocycles. The number of ketones is 1. The Morgan fingerprint density at radius 1 is 1.05 bits per heavy atom. The van der Waals surface area contributed by atoms with E-state index < -0.39 is 48.1 Å². The summed E-state index contributed by atoms with van der Waals surface area (Å²) in [7, 11) is 0. The molecule has 1 amide bonds. The lowest BCUT2D eigenvalue weighted by Crippen LogP contribution is -2.53. The summed E-state index contributed by atoms with van der Waals surface area (Å²) in [5.41, 5.74) is 3.21. The molecule has 3 rings (SSSR count). The number of Topliss-reactive ketones (excluding diaryl/α,β-unsaturated/α-hetero) is 1. The van der Waals surface area contributed by atoms with E-state index in [4.69, 9.17) is 9.57 Å². The maximum absolute atomic E-state index is 13.0. The Hall–Kier alpha value is -2.50. The highest BCUT2D eigenvalue weighted by Gasteiger charge is 2.53. The second-order valence-electron chi connectivity index (χ2n) is 10.4. The standard InChI is InChI=1S/C26H36F3N3O5/c1-15(2)20(31-37-25(35)17-10-6-5-7-11-17)22-24(36-22)32(18-12-8-9-13-18)14-19(33)30-21(16(3)4)23(34)26(27,28)29/h5-7,10-11,15-16,18,20-22,24,31H,8-9,12-14H2,1-4H3,(H,30,33)/t20-,21-,22?,24-/m0/s1. The molecule has 4 atom stereocenters. The van der Waals surface area contributed by atoms with Crippen LogP contribution in [-0.2, 0) is 19.2 Å². The van der Waals surface area contributed by atoms with E-state index in [0.29, 0.717) is 5.56 Å². The lowest BCUT2D eigenvalue weighted by Gasteiger charge is -2.29. The summed E-state index contributed by atoms with van der Waals surface area (Å²) in [4.78, 5) is 44.3. The van der Waals surface area contributed by atoms with Crippen LogP contribution in [0.15, 0.2) is 30.3 Å². The van der Waals surface area contributed by atoms with Gasteiger partial charge in [-0.05, 0) is 36.8 Å². The molecule has 1 unspecified atom stereocenters. The Labute approximate surface area is 215 Å². The maximum atomic E-state index is 13.0. The van der Waals surface area contributed by atoms with Gasteiger partial charge in [-0.25, -0.2) is 4.79 Å². The SMILES string of the molecule is CC(C)[C@H](NOC(=O)c1ccccc1)C1O[C@@H]1N(CC(=O)N[C@H](C(=O)C(F)(F)F)C(C)C)C1CCCC1. The van der Waals surface area contributed by atoms with Crippen LogP contribution in [0.1, 0.15) is 63.7 Å². The monoisotopic (exact) mass is 527 g/mol. The minimum Gasteiger partial charge on any atom is -0.366 e. The minimum atomic E-state index is -5.04. The Bertz CT molecular complexity index is 935. The van der Waals surface area contributed by atoms with Crippen molar-refractivity contribution in [1.82, 2.24) is 15.7 Å². The summed E-state index contributed by atoms with van der Waals surface area (Å²) in [6.07, 6.45) is -2.29. The first kappa shape index (κ1) is 29.1. The third-order valence-electron chi connectivity index (χ3n) is 6.86. The summed E-state index contributed by atoms with van der Waals surface area (Å²) in [6, 6.07) is 6.52. The zero-order chi connectivity index (χ0) is 27.3. The Kier molecular flexibility index (Phi) is 9.71. The van der Waals surface area contributed by atoms with Crippen LogP contribution < -0.4 is 10.8 Å². The second-order valence-corrected chi connectivity index (χ2v) is 10.4. The third-order valence-corrected chi connectivity index (χ3v) is 6.86. The first-order valence-electron chi connectivity index (χ1n) is 12.7. The molecule has 1 aliphatic heterocycles. The predicted octanol–water partition coefficient (Wildman–Crippen LogP) is 3.61. The number of epoxide rings is 1. The molecular weight excluding hydrogens is 491 g/mol. The lowest BCUT2D eigenvalue weighted by molar-refractivity contribution is -0.175. The highest BCUT2D eigenvalue weighted by Crippen LogP contribution is 2.37. The topological polar surface area (TPSA) is 100 Å². The van der Waals surface area contributed by atoms with Crippen LogP contribution in [0.4, 0.5) is 13.2 Å². The van der Waals surface area contributed by atoms with Crippen molar-refractivity contribution < 1.29 is 37.1 Å². The molecule has 1 heterocycles. The molecule has 2 aliphatic rings. The fraction of sp³-hybridized carbons (Fsp3) is 0.654. The number of benzene rings is 1. The van der Waals surface area contributed by atoms with Crippen LogP contribution in [0, 0.1) is 11.8 Å². The van der Waals surface area contributed by atoms with E-state index in [1.54, 1.807) is 30.3 Å². The number of carbonyl (C=O) groups excluding carboxylic acids is 3. The average Bonchev–Trinajstić information content (AvgIpc) is 3.40. The molecule has 0 aromatic heterocycles. The predicted molar refractivity (Wildman–Crippen MR) is 129 cm³/mol. The summed E-state index contributed by atoms with van der Waals surface area (Å²) in [6.45, 7) is 6.59. The molecule has 8 nitrogen and oxygen atoms in total. The molecule has 2 N–H and O–H groups in total. The van der Waals surface area contributed by atoms with Gasteiger partial charge in [0.15, 0.2) is 0 Å². The summed E-state index contributed by atoms with van der Waals surface area (Å²) in [5.74, 6) is -3.89. The molecule has 0 spiro atoms. The number of nitrogens with one attached hydrogen (secondary N) is 2. The number of nitrogens with zero attached hydrogens (tertiary/aromatic N) is 1. The largest absolute Gasteiger partial charge is 0.452 e. The van der Waals surface area contributed by atoms with Gasteiger partial charge in [0.25, 0.3) is 5.78 Å². The molecule has 1 saturated heterocycles. The molecule has 0 bridgehead atoms. The van der Waals surface area contributed by atoms with Crippen LogP contribution in [0.2, 0.25) is 0 Å². The smallest absolute Gasteiger partial charge is 0.366 e. The molecule has 37 heavy (non-hydrogen) atoms. The van der Waals surface area contributed by atoms with E-state index in [0.717, 1.165) is 25.7 Å². The average molecular weight is 528 g/mol. The molecule has 0 radical (unpaired) electrons. The van der Waals surface area contributed by atoms with E-state index in [1.165, 1.54) is 13.8 Å². The van der Waals surface area contributed by atoms with Crippen molar-refractivity contribution >= 4 is 17.7 Å². The Morgan fingerprint density at radius 2 is 1.68 bits per heavy atom. The maximum Gasteiger partial charge on any atom is 0.452 e. The highest BCUT2D eigenvalue weighted by atomic mass is 19.4. The van der Waals surface area contributed by atoms with E-state index in [1.807, 2.05) is 18.7 Å². The van der Waals surface area contributed by atoms with E-state index in [9.17, 15) is 27.6 Å². The van der Waals surface area contributed by atoms with Gasteiger partial charge in [0.05, 0.1) is 24.2 Å². The van der Waals surface area contributed by atoms with Crippen molar-refractivity contribution in [3.8, 4) is 0 Å². The van der Waals surface area contributed by atoms with Gasteiger partial charge in [0.1, 0.15) is 12.3 Å². The Balaban J connectivity index is 1.66. The number of hydroxylamine groups is 1. The van der Waals surface area contributed by atoms with E-state index >= 15 is 0 Å². The fourth-order valence-corrected chi connectivity index (χ4v) is 4.74. The van der Waals surface area contributed by atoms with Crippen LogP contribution in [0.5, 0.6) is 0 Å². The number of alkyl halides is 3. The van der Waals surface area contributed by atoms with Gasteiger partial charge in [-0.1, -0.05) is 58.7 Å². The number of rotatable bonds is 12. The normalized spacial score (nSPS) is 21.8. The molecule has 1 aromatic carbocycles. The minimum absolute atomic E-state index is 0.00700. The van der Waals surface area contributed by atoms with E-state index in [-0.39, 0.29) is 24.5 Å². The third kappa shape index (κ3) is 7.75. The molecular formula is C26H36F3N3O5. The number of ether oxygens (including phenoxy) is 1. The van der Waals surface area contributed by atoms with Gasteiger partial charge in [-0.3, -0.25) is 14.5 Å². The number of hydrogen-bond donors (Lipinski definition) is 2. The molecule has 1 aromatic rings. The molecule has 2 fully saturated rings. The molecule has 11 heteroatoms. The van der Waals surface area contributed by atoms with E-state index in [2.05, 4.69) is 10.8 Å². The Morgan fingerprint density at radius 3 is 2.22 bits per heavy atom. The van der Waals surface area contributed by atoms with Crippen molar-refractivity contribution in [2.24, 2.45) is 11.8 Å². The van der Waals surface area contributed by atoms with Crippen molar-refractivity contribution in [2.75, 3.05) is 6.54 Å². The van der Waals surface area contributed by atoms with Gasteiger partial charge >= 0.3 is 12.1 Å². The number of carbonyl (C=O) groups is 3. The first-order chi connectivity index (χ1) is 17.4.